The van der Waals surface area contributed by atoms with Gasteiger partial charge in [0.05, 0.1) is 29.3 Å². The van der Waals surface area contributed by atoms with Crippen LogP contribution >= 0.6 is 0 Å². The van der Waals surface area contributed by atoms with Gasteiger partial charge in [0.2, 0.25) is 5.91 Å². The highest BCUT2D eigenvalue weighted by Crippen LogP contribution is 2.16. The summed E-state index contributed by atoms with van der Waals surface area (Å²) in [5.74, 6) is 0.444. The zero-order chi connectivity index (χ0) is 20.1. The van der Waals surface area contributed by atoms with Gasteiger partial charge < -0.3 is 10.1 Å². The molecule has 9 heteroatoms. The summed E-state index contributed by atoms with van der Waals surface area (Å²) >= 11 is 0. The maximum atomic E-state index is 12.5. The summed E-state index contributed by atoms with van der Waals surface area (Å²) in [4.78, 5) is 38.9. The van der Waals surface area contributed by atoms with Crippen LogP contribution in [0.4, 0.5) is 5.69 Å². The Hall–Kier alpha value is -3.75. The fourth-order valence-electron chi connectivity index (χ4n) is 2.72. The molecule has 3 rings (SSSR count). The van der Waals surface area contributed by atoms with Crippen molar-refractivity contribution in [2.45, 2.75) is 13.0 Å². The lowest BCUT2D eigenvalue weighted by atomic mass is 10.1. The maximum Gasteiger partial charge on any atom is 0.271 e. The Morgan fingerprint density at radius 1 is 1.25 bits per heavy atom. The summed E-state index contributed by atoms with van der Waals surface area (Å²) in [6, 6.07) is 11.4. The maximum absolute atomic E-state index is 12.5. The minimum atomic E-state index is -0.553. The highest BCUT2D eigenvalue weighted by atomic mass is 16.6. The molecule has 0 unspecified atom stereocenters. The number of rotatable bonds is 7. The minimum Gasteiger partial charge on any atom is -0.497 e. The summed E-state index contributed by atoms with van der Waals surface area (Å²) in [5, 5.41) is 13.8. The highest BCUT2D eigenvalue weighted by molar-refractivity contribution is 5.80. The number of nitrogens with one attached hydrogen (secondary N) is 1. The third-order valence-corrected chi connectivity index (χ3v) is 4.23. The van der Waals surface area contributed by atoms with Gasteiger partial charge in [-0.25, -0.2) is 4.98 Å². The molecule has 0 aliphatic rings. The third kappa shape index (κ3) is 4.32. The van der Waals surface area contributed by atoms with Crippen LogP contribution in [0.25, 0.3) is 10.9 Å². The van der Waals surface area contributed by atoms with Crippen molar-refractivity contribution in [3.8, 4) is 5.75 Å². The molecule has 0 saturated heterocycles. The number of hydrogen-bond acceptors (Lipinski definition) is 6. The van der Waals surface area contributed by atoms with E-state index in [2.05, 4.69) is 10.3 Å². The van der Waals surface area contributed by atoms with Crippen molar-refractivity contribution in [3.05, 3.63) is 74.8 Å². The lowest BCUT2D eigenvalue weighted by molar-refractivity contribution is -0.384. The van der Waals surface area contributed by atoms with Crippen LogP contribution in [0.1, 0.15) is 5.56 Å². The molecular weight excluding hydrogens is 364 g/mol. The number of fused-ring (bicyclic) bond motifs is 1. The summed E-state index contributed by atoms with van der Waals surface area (Å²) < 4.78 is 6.27. The molecule has 0 radical (unpaired) electrons. The predicted molar refractivity (Wildman–Crippen MR) is 102 cm³/mol. The van der Waals surface area contributed by atoms with E-state index in [9.17, 15) is 19.7 Å². The summed E-state index contributed by atoms with van der Waals surface area (Å²) in [7, 11) is 1.60. The molecule has 3 aromatic rings. The molecule has 1 amide bonds. The molecule has 144 valence electrons. The molecule has 2 aromatic carbocycles. The molecule has 0 fully saturated rings. The number of nitro benzene ring substituents is 1. The highest BCUT2D eigenvalue weighted by Gasteiger charge is 2.12. The van der Waals surface area contributed by atoms with Crippen LogP contribution in [0.15, 0.2) is 53.6 Å². The number of hydrogen-bond donors (Lipinski definition) is 1. The van der Waals surface area contributed by atoms with Gasteiger partial charge in [0.15, 0.2) is 0 Å². The number of benzene rings is 2. The average molecular weight is 382 g/mol. The molecule has 28 heavy (non-hydrogen) atoms. The van der Waals surface area contributed by atoms with Gasteiger partial charge >= 0.3 is 0 Å². The first-order chi connectivity index (χ1) is 13.5. The molecule has 0 saturated carbocycles. The first-order valence-corrected chi connectivity index (χ1v) is 8.51. The second-order valence-electron chi connectivity index (χ2n) is 6.08. The average Bonchev–Trinajstić information content (AvgIpc) is 2.70. The Morgan fingerprint density at radius 2 is 2.00 bits per heavy atom. The number of carbonyl (C=O) groups excluding carboxylic acids is 1. The van der Waals surface area contributed by atoms with Crippen LogP contribution < -0.4 is 15.6 Å². The van der Waals surface area contributed by atoms with Gasteiger partial charge in [0, 0.05) is 18.7 Å². The van der Waals surface area contributed by atoms with Crippen LogP contribution in [-0.2, 0) is 17.8 Å². The molecule has 0 spiro atoms. The molecule has 1 N–H and O–H groups in total. The monoisotopic (exact) mass is 382 g/mol. The number of amides is 1. The van der Waals surface area contributed by atoms with Gasteiger partial charge in [-0.1, -0.05) is 12.1 Å². The zero-order valence-corrected chi connectivity index (χ0v) is 15.1. The van der Waals surface area contributed by atoms with E-state index in [1.54, 1.807) is 7.11 Å². The molecule has 0 aliphatic heterocycles. The Balaban J connectivity index is 1.62. The summed E-state index contributed by atoms with van der Waals surface area (Å²) in [6.45, 7) is 0.245. The number of carbonyl (C=O) groups is 1. The van der Waals surface area contributed by atoms with Crippen molar-refractivity contribution < 1.29 is 14.5 Å². The number of nitrogens with zero attached hydrogens (tertiary/aromatic N) is 3. The quantitative estimate of drug-likeness (QED) is 0.491. The van der Waals surface area contributed by atoms with E-state index in [4.69, 9.17) is 4.74 Å². The van der Waals surface area contributed by atoms with Crippen LogP contribution in [0.2, 0.25) is 0 Å². The first-order valence-electron chi connectivity index (χ1n) is 8.51. The fraction of sp³-hybridized carbons (Fsp3) is 0.211. The Morgan fingerprint density at radius 3 is 2.68 bits per heavy atom. The van der Waals surface area contributed by atoms with Gasteiger partial charge in [-0.2, -0.15) is 0 Å². The molecule has 1 aromatic heterocycles. The molecule has 9 nitrogen and oxygen atoms in total. The van der Waals surface area contributed by atoms with E-state index in [0.717, 1.165) is 11.3 Å². The standard InChI is InChI=1S/C19H18N4O5/c1-28-15-5-2-13(3-6-15)8-9-20-18(24)11-22-12-21-17-10-14(23(26)27)4-7-16(17)19(22)25/h2-7,10,12H,8-9,11H2,1H3,(H,20,24). The number of aromatic nitrogens is 2. The molecular formula is C19H18N4O5. The van der Waals surface area contributed by atoms with Crippen molar-refractivity contribution in [1.29, 1.82) is 0 Å². The van der Waals surface area contributed by atoms with Crippen molar-refractivity contribution in [1.82, 2.24) is 14.9 Å². The van der Waals surface area contributed by atoms with Crippen LogP contribution in [0, 0.1) is 10.1 Å². The van der Waals surface area contributed by atoms with Gasteiger partial charge in [0.1, 0.15) is 12.3 Å². The fourth-order valence-corrected chi connectivity index (χ4v) is 2.72. The van der Waals surface area contributed by atoms with Crippen LogP contribution in [0.5, 0.6) is 5.75 Å². The zero-order valence-electron chi connectivity index (χ0n) is 15.1. The smallest absolute Gasteiger partial charge is 0.271 e. The summed E-state index contributed by atoms with van der Waals surface area (Å²) in [5.41, 5.74) is 0.696. The molecule has 0 bridgehead atoms. The van der Waals surface area contributed by atoms with Crippen molar-refractivity contribution in [2.75, 3.05) is 13.7 Å². The lowest BCUT2D eigenvalue weighted by Gasteiger charge is -2.08. The Bertz CT molecular complexity index is 1080. The lowest BCUT2D eigenvalue weighted by Crippen LogP contribution is -2.33. The SMILES string of the molecule is COc1ccc(CCNC(=O)Cn2cnc3cc([N+](=O)[O-])ccc3c2=O)cc1. The number of ether oxygens (including phenoxy) is 1. The predicted octanol–water partition coefficient (Wildman–Crippen LogP) is 1.67. The number of methoxy groups -OCH3 is 1. The number of nitro groups is 1. The second kappa shape index (κ2) is 8.30. The third-order valence-electron chi connectivity index (χ3n) is 4.23. The molecule has 1 heterocycles. The van der Waals surface area contributed by atoms with E-state index in [1.807, 2.05) is 24.3 Å². The summed E-state index contributed by atoms with van der Waals surface area (Å²) in [6.07, 6.45) is 1.86. The van der Waals surface area contributed by atoms with E-state index >= 15 is 0 Å². The molecule has 0 atom stereocenters. The van der Waals surface area contributed by atoms with Gasteiger partial charge in [0.25, 0.3) is 11.2 Å². The van der Waals surface area contributed by atoms with Gasteiger partial charge in [-0.05, 0) is 30.2 Å². The van der Waals surface area contributed by atoms with Crippen LogP contribution in [-0.4, -0.2) is 34.0 Å². The van der Waals surface area contributed by atoms with Crippen molar-refractivity contribution >= 4 is 22.5 Å². The van der Waals surface area contributed by atoms with Gasteiger partial charge in [-0.3, -0.25) is 24.3 Å². The number of non-ortho nitro benzene ring substituents is 1. The van der Waals surface area contributed by atoms with E-state index in [-0.39, 0.29) is 29.0 Å². The first kappa shape index (κ1) is 19.0. The van der Waals surface area contributed by atoms with Crippen molar-refractivity contribution in [2.24, 2.45) is 0 Å². The largest absolute Gasteiger partial charge is 0.497 e. The van der Waals surface area contributed by atoms with Crippen LogP contribution in [0.3, 0.4) is 0 Å². The normalized spacial score (nSPS) is 10.6. The van der Waals surface area contributed by atoms with Crippen molar-refractivity contribution in [3.63, 3.8) is 0 Å². The van der Waals surface area contributed by atoms with E-state index in [1.165, 1.54) is 29.1 Å². The van der Waals surface area contributed by atoms with E-state index < -0.39 is 10.5 Å². The minimum absolute atomic E-state index is 0.145. The molecule has 0 aliphatic carbocycles. The Kier molecular flexibility index (Phi) is 5.64. The van der Waals surface area contributed by atoms with E-state index in [0.29, 0.717) is 13.0 Å². The Labute approximate surface area is 159 Å². The van der Waals surface area contributed by atoms with Gasteiger partial charge in [-0.15, -0.1) is 0 Å². The topological polar surface area (TPSA) is 116 Å². The second-order valence-corrected chi connectivity index (χ2v) is 6.08.